The molecule has 0 aromatic rings. The molecule has 0 saturated carbocycles. The molecular weight excluding hydrogens is 391 g/mol. The fourth-order valence-corrected chi connectivity index (χ4v) is 7.17. The summed E-state index contributed by atoms with van der Waals surface area (Å²) in [6.07, 6.45) is 17.1. The summed E-state index contributed by atoms with van der Waals surface area (Å²) in [4.78, 5) is 0. The Labute approximate surface area is 176 Å². The molecule has 24 heavy (non-hydrogen) atoms. The number of rotatable bonds is 6. The molecule has 0 aliphatic heterocycles. The van der Waals surface area contributed by atoms with Crippen molar-refractivity contribution in [3.05, 3.63) is 46.7 Å². The number of hydrogen-bond donors (Lipinski definition) is 0. The summed E-state index contributed by atoms with van der Waals surface area (Å²) in [5, 5.41) is 1.33. The Balaban J connectivity index is 0. The van der Waals surface area contributed by atoms with Gasteiger partial charge < -0.3 is 29.6 Å². The van der Waals surface area contributed by atoms with Crippen LogP contribution in [0.1, 0.15) is 46.5 Å². The molecule has 0 saturated heterocycles. The van der Waals surface area contributed by atoms with E-state index in [-0.39, 0.29) is 51.8 Å². The average Bonchev–Trinajstić information content (AvgIpc) is 2.96. The summed E-state index contributed by atoms with van der Waals surface area (Å²) in [6, 6.07) is 0. The van der Waals surface area contributed by atoms with E-state index in [4.69, 9.17) is 4.74 Å². The first kappa shape index (κ1) is 26.7. The fourth-order valence-electron chi connectivity index (χ4n) is 3.53. The minimum Gasteiger partial charge on any atom is -1.00 e. The number of halogens is 2. The van der Waals surface area contributed by atoms with Crippen LogP contribution in [0.25, 0.3) is 0 Å². The van der Waals surface area contributed by atoms with Crippen LogP contribution < -0.4 is 24.8 Å². The van der Waals surface area contributed by atoms with Gasteiger partial charge in [0, 0.05) is 6.61 Å². The van der Waals surface area contributed by atoms with E-state index in [1.807, 2.05) is 0 Å². The molecule has 5 heteroatoms. The second-order valence-electron chi connectivity index (χ2n) is 6.83. The van der Waals surface area contributed by atoms with Gasteiger partial charge in [-0.2, -0.15) is 6.08 Å². The van der Waals surface area contributed by atoms with E-state index < -0.39 is 8.07 Å². The SMILES string of the molecule is CCCCOC1([Si](C)(C)C2=[C-]CC=C2)CC=C(C)C=C1C.[Cl-].[Cl-].[Ti+3]. The van der Waals surface area contributed by atoms with E-state index in [1.54, 1.807) is 0 Å². The molecule has 1 nitrogen and oxygen atoms in total. The maximum atomic E-state index is 6.60. The van der Waals surface area contributed by atoms with Crippen molar-refractivity contribution in [2.24, 2.45) is 0 Å². The van der Waals surface area contributed by atoms with E-state index in [0.717, 1.165) is 25.9 Å². The predicted molar refractivity (Wildman–Crippen MR) is 93.7 cm³/mol. The summed E-state index contributed by atoms with van der Waals surface area (Å²) < 4.78 is 6.60. The van der Waals surface area contributed by atoms with Crippen LogP contribution in [0.5, 0.6) is 0 Å². The van der Waals surface area contributed by atoms with Crippen LogP contribution in [0.4, 0.5) is 0 Å². The van der Waals surface area contributed by atoms with E-state index in [2.05, 4.69) is 64.2 Å². The van der Waals surface area contributed by atoms with Gasteiger partial charge in [-0.15, -0.1) is 6.42 Å². The van der Waals surface area contributed by atoms with Crippen molar-refractivity contribution in [3.8, 4) is 0 Å². The predicted octanol–water partition coefficient (Wildman–Crippen LogP) is -0.680. The molecular formula is C19H29Cl2OSiTi. The maximum absolute atomic E-state index is 6.60. The van der Waals surface area contributed by atoms with Crippen molar-refractivity contribution in [1.29, 1.82) is 0 Å². The normalized spacial score (nSPS) is 22.5. The molecule has 2 aliphatic carbocycles. The van der Waals surface area contributed by atoms with Crippen LogP contribution in [-0.4, -0.2) is 19.9 Å². The van der Waals surface area contributed by atoms with Gasteiger partial charge in [0.05, 0.1) is 13.3 Å². The molecule has 2 rings (SSSR count). The maximum Gasteiger partial charge on any atom is 3.00 e. The van der Waals surface area contributed by atoms with Gasteiger partial charge in [0.15, 0.2) is 0 Å². The molecule has 0 spiro atoms. The number of hydrogen-bond acceptors (Lipinski definition) is 1. The van der Waals surface area contributed by atoms with Gasteiger partial charge in [0.2, 0.25) is 0 Å². The second-order valence-corrected chi connectivity index (χ2v) is 11.4. The second kappa shape index (κ2) is 11.2. The van der Waals surface area contributed by atoms with Gasteiger partial charge in [0.1, 0.15) is 0 Å². The van der Waals surface area contributed by atoms with E-state index in [9.17, 15) is 0 Å². The minimum atomic E-state index is -1.78. The van der Waals surface area contributed by atoms with Gasteiger partial charge in [-0.1, -0.05) is 44.2 Å². The van der Waals surface area contributed by atoms with Gasteiger partial charge >= 0.3 is 21.7 Å². The summed E-state index contributed by atoms with van der Waals surface area (Å²) >= 11 is 0. The molecule has 1 unspecified atom stereocenters. The Hall–Kier alpha value is 0.431. The molecule has 0 N–H and O–H groups in total. The average molecular weight is 420 g/mol. The van der Waals surface area contributed by atoms with Gasteiger partial charge in [-0.05, 0) is 32.3 Å². The molecule has 2 aliphatic rings. The number of unbranched alkanes of at least 4 members (excludes halogenated alkanes) is 1. The Bertz CT molecular complexity index is 523. The first-order chi connectivity index (χ1) is 9.94. The van der Waals surface area contributed by atoms with E-state index in [0.29, 0.717) is 0 Å². The minimum absolute atomic E-state index is 0. The van der Waals surface area contributed by atoms with Crippen LogP contribution in [0, 0.1) is 6.08 Å². The number of ether oxygens (including phenoxy) is 1. The molecule has 0 aromatic heterocycles. The first-order valence-electron chi connectivity index (χ1n) is 8.21. The van der Waals surface area contributed by atoms with E-state index >= 15 is 0 Å². The van der Waals surface area contributed by atoms with Crippen LogP contribution >= 0.6 is 0 Å². The molecule has 133 valence electrons. The zero-order valence-electron chi connectivity index (χ0n) is 15.5. The van der Waals surface area contributed by atoms with Crippen molar-refractivity contribution in [2.45, 2.75) is 64.8 Å². The third-order valence-corrected chi connectivity index (χ3v) is 9.47. The summed E-state index contributed by atoms with van der Waals surface area (Å²) in [6.45, 7) is 12.4. The van der Waals surface area contributed by atoms with Crippen molar-refractivity contribution in [3.63, 3.8) is 0 Å². The van der Waals surface area contributed by atoms with Crippen molar-refractivity contribution >= 4 is 8.07 Å². The Morgan fingerprint density at radius 1 is 1.25 bits per heavy atom. The summed E-state index contributed by atoms with van der Waals surface area (Å²) in [7, 11) is -1.78. The topological polar surface area (TPSA) is 9.23 Å². The van der Waals surface area contributed by atoms with Crippen LogP contribution in [-0.2, 0) is 26.5 Å². The van der Waals surface area contributed by atoms with Crippen LogP contribution in [0.15, 0.2) is 40.6 Å². The largest absolute Gasteiger partial charge is 3.00 e. The van der Waals surface area contributed by atoms with Gasteiger partial charge in [-0.25, -0.2) is 11.3 Å². The molecule has 0 aromatic carbocycles. The molecule has 0 fully saturated rings. The monoisotopic (exact) mass is 419 g/mol. The molecule has 1 atom stereocenters. The zero-order chi connectivity index (χ0) is 15.5. The fraction of sp³-hybridized carbons (Fsp3) is 0.579. The van der Waals surface area contributed by atoms with Crippen molar-refractivity contribution in [2.75, 3.05) is 6.61 Å². The first-order valence-corrected chi connectivity index (χ1v) is 11.2. The Morgan fingerprint density at radius 2 is 1.92 bits per heavy atom. The van der Waals surface area contributed by atoms with Gasteiger partial charge in [0.25, 0.3) is 0 Å². The van der Waals surface area contributed by atoms with Crippen molar-refractivity contribution in [1.82, 2.24) is 0 Å². The summed E-state index contributed by atoms with van der Waals surface area (Å²) in [5.41, 5.74) is 2.77. The third-order valence-electron chi connectivity index (χ3n) is 5.02. The smallest absolute Gasteiger partial charge is 1.00 e. The molecule has 0 amide bonds. The summed E-state index contributed by atoms with van der Waals surface area (Å²) in [5.74, 6) is 0. The Morgan fingerprint density at radius 3 is 2.42 bits per heavy atom. The molecule has 1 radical (unpaired) electrons. The molecule has 0 bridgehead atoms. The number of allylic oxidation sites excluding steroid dienone is 6. The standard InChI is InChI=1S/C19H29OSi.2ClH.Ti/c1-6-7-14-20-19(13-12-16(2)15-17(19)3)21(4,5)18-10-8-9-11-18;;;/h8,10,12,15H,6-7,9,13-14H2,1-5H3;2*1H;/q-1;;;+3/p-2. The van der Waals surface area contributed by atoms with Crippen LogP contribution in [0.2, 0.25) is 13.1 Å². The quantitative estimate of drug-likeness (QED) is 0.315. The molecule has 0 heterocycles. The van der Waals surface area contributed by atoms with Gasteiger partial charge in [-0.3, -0.25) is 6.08 Å². The van der Waals surface area contributed by atoms with Crippen molar-refractivity contribution < 1.29 is 51.3 Å². The zero-order valence-corrected chi connectivity index (χ0v) is 19.6. The third kappa shape index (κ3) is 5.22. The van der Waals surface area contributed by atoms with E-state index in [1.165, 1.54) is 22.8 Å². The Kier molecular flexibility index (Phi) is 12.5. The van der Waals surface area contributed by atoms with Crippen LogP contribution in [0.3, 0.4) is 0 Å².